The number of carbonyl (C=O) groups is 2. The second-order valence-electron chi connectivity index (χ2n) is 4.08. The van der Waals surface area contributed by atoms with Gasteiger partial charge < -0.3 is 10.2 Å². The van der Waals surface area contributed by atoms with Crippen LogP contribution in [0.3, 0.4) is 0 Å². The summed E-state index contributed by atoms with van der Waals surface area (Å²) >= 11 is 0. The molecule has 0 aromatic heterocycles. The molecular formula is C15H12O4. The molecule has 0 saturated carbocycles. The average Bonchev–Trinajstić information content (AvgIpc) is 2.41. The summed E-state index contributed by atoms with van der Waals surface area (Å²) in [5.41, 5.74) is 0.796. The molecule has 0 heterocycles. The van der Waals surface area contributed by atoms with Crippen molar-refractivity contribution in [1.29, 1.82) is 0 Å². The maximum atomic E-state index is 12.2. The van der Waals surface area contributed by atoms with Gasteiger partial charge in [0.05, 0.1) is 12.0 Å². The fourth-order valence-corrected chi connectivity index (χ4v) is 1.83. The Bertz CT molecular complexity index is 617. The first-order valence-corrected chi connectivity index (χ1v) is 5.72. The van der Waals surface area contributed by atoms with E-state index in [2.05, 4.69) is 0 Å². The van der Waals surface area contributed by atoms with Crippen molar-refractivity contribution >= 4 is 11.8 Å². The number of ketones is 1. The predicted octanol–water partition coefficient (Wildman–Crippen LogP) is 2.25. The normalized spacial score (nSPS) is 10.1. The lowest BCUT2D eigenvalue weighted by atomic mass is 9.99. The molecule has 2 rings (SSSR count). The number of hydrogen-bond acceptors (Lipinski definition) is 3. The van der Waals surface area contributed by atoms with E-state index in [1.54, 1.807) is 36.4 Å². The second-order valence-corrected chi connectivity index (χ2v) is 4.08. The lowest BCUT2D eigenvalue weighted by Crippen LogP contribution is -2.05. The Balaban J connectivity index is 2.41. The second kappa shape index (κ2) is 5.35. The first-order valence-electron chi connectivity index (χ1n) is 5.72. The quantitative estimate of drug-likeness (QED) is 0.823. The van der Waals surface area contributed by atoms with E-state index in [4.69, 9.17) is 5.11 Å². The average molecular weight is 256 g/mol. The van der Waals surface area contributed by atoms with Crippen molar-refractivity contribution in [3.05, 3.63) is 65.2 Å². The van der Waals surface area contributed by atoms with Crippen molar-refractivity contribution in [2.75, 3.05) is 0 Å². The van der Waals surface area contributed by atoms with Gasteiger partial charge in [0, 0.05) is 11.1 Å². The van der Waals surface area contributed by atoms with E-state index in [-0.39, 0.29) is 29.1 Å². The van der Waals surface area contributed by atoms with E-state index in [0.29, 0.717) is 5.56 Å². The Kier molecular flexibility index (Phi) is 3.61. The number of phenolic OH excluding ortho intramolecular Hbond substituents is 1. The van der Waals surface area contributed by atoms with Gasteiger partial charge in [-0.25, -0.2) is 0 Å². The van der Waals surface area contributed by atoms with Crippen molar-refractivity contribution < 1.29 is 19.8 Å². The highest BCUT2D eigenvalue weighted by molar-refractivity contribution is 6.10. The third kappa shape index (κ3) is 2.80. The van der Waals surface area contributed by atoms with Crippen LogP contribution in [-0.2, 0) is 11.2 Å². The van der Waals surface area contributed by atoms with E-state index in [1.165, 1.54) is 12.1 Å². The van der Waals surface area contributed by atoms with Gasteiger partial charge in [0.2, 0.25) is 0 Å². The highest BCUT2D eigenvalue weighted by Crippen LogP contribution is 2.25. The predicted molar refractivity (Wildman–Crippen MR) is 69.3 cm³/mol. The van der Waals surface area contributed by atoms with Crippen LogP contribution in [0.25, 0.3) is 0 Å². The Morgan fingerprint density at radius 3 is 2.26 bits per heavy atom. The minimum Gasteiger partial charge on any atom is -0.507 e. The molecule has 2 aromatic carbocycles. The number of carboxylic acid groups (broad SMARTS) is 1. The molecule has 0 unspecified atom stereocenters. The Morgan fingerprint density at radius 1 is 0.947 bits per heavy atom. The molecule has 2 N–H and O–H groups in total. The highest BCUT2D eigenvalue weighted by atomic mass is 16.4. The molecule has 2 aromatic rings. The van der Waals surface area contributed by atoms with E-state index < -0.39 is 5.97 Å². The monoisotopic (exact) mass is 256 g/mol. The molecule has 0 bridgehead atoms. The summed E-state index contributed by atoms with van der Waals surface area (Å²) in [4.78, 5) is 22.9. The number of carboxylic acids is 1. The highest BCUT2D eigenvalue weighted by Gasteiger charge is 2.16. The summed E-state index contributed by atoms with van der Waals surface area (Å²) in [6, 6.07) is 13.1. The van der Waals surface area contributed by atoms with Crippen molar-refractivity contribution in [2.45, 2.75) is 6.42 Å². The molecule has 0 aliphatic carbocycles. The SMILES string of the molecule is O=C(O)Cc1cccc(C(=O)c2ccccc2)c1O. The molecule has 0 saturated heterocycles. The Morgan fingerprint density at radius 2 is 1.63 bits per heavy atom. The van der Waals surface area contributed by atoms with Gasteiger partial charge in [-0.15, -0.1) is 0 Å². The van der Waals surface area contributed by atoms with Crippen LogP contribution in [0.1, 0.15) is 21.5 Å². The number of benzene rings is 2. The van der Waals surface area contributed by atoms with Crippen molar-refractivity contribution in [1.82, 2.24) is 0 Å². The molecule has 0 aliphatic heterocycles. The molecule has 4 nitrogen and oxygen atoms in total. The van der Waals surface area contributed by atoms with Gasteiger partial charge >= 0.3 is 5.97 Å². The summed E-state index contributed by atoms with van der Waals surface area (Å²) in [5.74, 6) is -1.65. The zero-order valence-electron chi connectivity index (χ0n) is 10.0. The molecule has 0 spiro atoms. The number of rotatable bonds is 4. The molecule has 96 valence electrons. The smallest absolute Gasteiger partial charge is 0.307 e. The van der Waals surface area contributed by atoms with Crippen LogP contribution in [-0.4, -0.2) is 22.0 Å². The van der Waals surface area contributed by atoms with Crippen LogP contribution in [0.15, 0.2) is 48.5 Å². The Hall–Kier alpha value is -2.62. The molecule has 0 amide bonds. The molecule has 4 heteroatoms. The van der Waals surface area contributed by atoms with E-state index in [9.17, 15) is 14.7 Å². The number of phenols is 1. The molecule has 0 atom stereocenters. The number of aromatic hydroxyl groups is 1. The van der Waals surface area contributed by atoms with Gasteiger partial charge in [-0.05, 0) is 6.07 Å². The molecule has 0 radical (unpaired) electrons. The van der Waals surface area contributed by atoms with Crippen LogP contribution in [0.4, 0.5) is 0 Å². The third-order valence-corrected chi connectivity index (χ3v) is 2.74. The van der Waals surface area contributed by atoms with Crippen molar-refractivity contribution in [3.63, 3.8) is 0 Å². The van der Waals surface area contributed by atoms with Gasteiger partial charge in [-0.2, -0.15) is 0 Å². The fourth-order valence-electron chi connectivity index (χ4n) is 1.83. The largest absolute Gasteiger partial charge is 0.507 e. The van der Waals surface area contributed by atoms with Crippen LogP contribution in [0.2, 0.25) is 0 Å². The first-order chi connectivity index (χ1) is 9.09. The van der Waals surface area contributed by atoms with Gasteiger partial charge in [0.25, 0.3) is 0 Å². The van der Waals surface area contributed by atoms with Crippen molar-refractivity contribution in [2.24, 2.45) is 0 Å². The maximum absolute atomic E-state index is 12.2. The molecule has 0 fully saturated rings. The van der Waals surface area contributed by atoms with E-state index >= 15 is 0 Å². The van der Waals surface area contributed by atoms with Crippen molar-refractivity contribution in [3.8, 4) is 5.75 Å². The van der Waals surface area contributed by atoms with E-state index in [0.717, 1.165) is 0 Å². The van der Waals surface area contributed by atoms with E-state index in [1.807, 2.05) is 0 Å². The van der Waals surface area contributed by atoms with Gasteiger partial charge in [0.1, 0.15) is 5.75 Å². The number of aliphatic carboxylic acids is 1. The Labute approximate surface area is 109 Å². The topological polar surface area (TPSA) is 74.6 Å². The van der Waals surface area contributed by atoms with Crippen LogP contribution in [0, 0.1) is 0 Å². The molecular weight excluding hydrogens is 244 g/mol. The van der Waals surface area contributed by atoms with Gasteiger partial charge in [0.15, 0.2) is 5.78 Å². The zero-order valence-corrected chi connectivity index (χ0v) is 10.0. The summed E-state index contributed by atoms with van der Waals surface area (Å²) in [5, 5.41) is 18.7. The summed E-state index contributed by atoms with van der Waals surface area (Å²) in [6.45, 7) is 0. The van der Waals surface area contributed by atoms with Gasteiger partial charge in [-0.3, -0.25) is 9.59 Å². The van der Waals surface area contributed by atoms with Crippen LogP contribution in [0.5, 0.6) is 5.75 Å². The maximum Gasteiger partial charge on any atom is 0.307 e. The van der Waals surface area contributed by atoms with Crippen LogP contribution < -0.4 is 0 Å². The summed E-state index contributed by atoms with van der Waals surface area (Å²) in [7, 11) is 0. The summed E-state index contributed by atoms with van der Waals surface area (Å²) < 4.78 is 0. The minimum atomic E-state index is -1.06. The lowest BCUT2D eigenvalue weighted by Gasteiger charge is -2.07. The van der Waals surface area contributed by atoms with Crippen LogP contribution >= 0.6 is 0 Å². The zero-order chi connectivity index (χ0) is 13.8. The number of carbonyl (C=O) groups excluding carboxylic acids is 1. The minimum absolute atomic E-state index is 0.116. The third-order valence-electron chi connectivity index (χ3n) is 2.74. The lowest BCUT2D eigenvalue weighted by molar-refractivity contribution is -0.136. The first kappa shape index (κ1) is 12.8. The molecule has 19 heavy (non-hydrogen) atoms. The molecule has 0 aliphatic rings. The number of para-hydroxylation sites is 1. The standard InChI is InChI=1S/C15H12O4/c16-13(17)9-11-7-4-8-12(15(11)19)14(18)10-5-2-1-3-6-10/h1-8,19H,9H2,(H,16,17). The van der Waals surface area contributed by atoms with Gasteiger partial charge in [-0.1, -0.05) is 42.5 Å². The fraction of sp³-hybridized carbons (Fsp3) is 0.0667. The number of hydrogen-bond donors (Lipinski definition) is 2. The summed E-state index contributed by atoms with van der Waals surface area (Å²) in [6.07, 6.45) is -0.318.